The zero-order valence-electron chi connectivity index (χ0n) is 8.86. The number of hydrogen-bond donors (Lipinski definition) is 1. The van der Waals surface area contributed by atoms with Crippen molar-refractivity contribution in [3.63, 3.8) is 0 Å². The highest BCUT2D eigenvalue weighted by Crippen LogP contribution is 2.35. The first kappa shape index (κ1) is 11.8. The summed E-state index contributed by atoms with van der Waals surface area (Å²) in [5, 5.41) is 7.28. The lowest BCUT2D eigenvalue weighted by Crippen LogP contribution is -2.01. The van der Waals surface area contributed by atoms with Gasteiger partial charge in [0.05, 0.1) is 5.03 Å². The highest BCUT2D eigenvalue weighted by molar-refractivity contribution is 14.0. The maximum atomic E-state index is 3.44. The first-order valence-electron chi connectivity index (χ1n) is 4.93. The third-order valence-corrected chi connectivity index (χ3v) is 3.36. The van der Waals surface area contributed by atoms with E-state index in [1.54, 1.807) is 11.8 Å². The molecule has 3 heteroatoms. The predicted octanol–water partition coefficient (Wildman–Crippen LogP) is 4.54. The normalized spacial score (nSPS) is 12.7. The fourth-order valence-electron chi connectivity index (χ4n) is 2.01. The number of nitrogens with one attached hydrogen (secondary N) is 1. The molecule has 82 valence electrons. The number of rotatable bonds is 1. The molecule has 0 radical (unpaired) electrons. The van der Waals surface area contributed by atoms with Crippen molar-refractivity contribution in [1.82, 2.24) is 0 Å². The summed E-state index contributed by atoms with van der Waals surface area (Å²) in [7, 11) is 0. The van der Waals surface area contributed by atoms with Crippen LogP contribution < -0.4 is 5.32 Å². The Labute approximate surface area is 116 Å². The van der Waals surface area contributed by atoms with E-state index < -0.39 is 0 Å². The largest absolute Gasteiger partial charge is 0.350 e. The second-order valence-electron chi connectivity index (χ2n) is 3.59. The van der Waals surface area contributed by atoms with Crippen LogP contribution in [0.5, 0.6) is 0 Å². The van der Waals surface area contributed by atoms with E-state index in [1.165, 1.54) is 27.1 Å². The molecule has 1 aliphatic heterocycles. The minimum atomic E-state index is 0. The molecule has 0 aromatic heterocycles. The number of thioether (sulfide) groups is 1. The molecular formula is C13H12INS. The van der Waals surface area contributed by atoms with Crippen molar-refractivity contribution in [2.45, 2.75) is 0 Å². The fourth-order valence-corrected chi connectivity index (χ4v) is 2.47. The van der Waals surface area contributed by atoms with Gasteiger partial charge in [0.2, 0.25) is 0 Å². The minimum Gasteiger partial charge on any atom is -0.350 e. The summed E-state index contributed by atoms with van der Waals surface area (Å²) < 4.78 is 0. The molecular weight excluding hydrogens is 329 g/mol. The van der Waals surface area contributed by atoms with E-state index in [9.17, 15) is 0 Å². The highest BCUT2D eigenvalue weighted by atomic mass is 127. The average molecular weight is 341 g/mol. The van der Waals surface area contributed by atoms with E-state index in [1.807, 2.05) is 0 Å². The third kappa shape index (κ3) is 1.82. The van der Waals surface area contributed by atoms with E-state index in [-0.39, 0.29) is 24.0 Å². The van der Waals surface area contributed by atoms with Crippen LogP contribution in [0.3, 0.4) is 0 Å². The number of halogens is 1. The van der Waals surface area contributed by atoms with Gasteiger partial charge in [0.15, 0.2) is 0 Å². The first-order chi connectivity index (χ1) is 7.38. The van der Waals surface area contributed by atoms with Gasteiger partial charge in [-0.25, -0.2) is 0 Å². The summed E-state index contributed by atoms with van der Waals surface area (Å²) in [6.07, 6.45) is 4.30. The number of benzene rings is 2. The standard InChI is InChI=1S/C13H11NS.HI/c1-15-12-8-10-6-2-4-9-5-3-7-11(14-12)13(9)10;/h2-8,14H,1H3;1H. The van der Waals surface area contributed by atoms with Gasteiger partial charge in [-0.15, -0.1) is 35.7 Å². The quantitative estimate of drug-likeness (QED) is 0.764. The molecule has 1 heterocycles. The van der Waals surface area contributed by atoms with Gasteiger partial charge < -0.3 is 5.32 Å². The first-order valence-corrected chi connectivity index (χ1v) is 6.15. The van der Waals surface area contributed by atoms with E-state index >= 15 is 0 Å². The SMILES string of the molecule is CSC1=Cc2cccc3cccc(c23)N1.I. The van der Waals surface area contributed by atoms with Crippen LogP contribution in [0.15, 0.2) is 41.4 Å². The molecule has 0 amide bonds. The van der Waals surface area contributed by atoms with E-state index in [0.717, 1.165) is 0 Å². The molecule has 0 fully saturated rings. The molecule has 1 nitrogen and oxygen atoms in total. The molecule has 0 saturated carbocycles. The average Bonchev–Trinajstić information content (AvgIpc) is 2.29. The lowest BCUT2D eigenvalue weighted by atomic mass is 10.0. The Balaban J connectivity index is 0.000000963. The molecule has 1 N–H and O–H groups in total. The van der Waals surface area contributed by atoms with Crippen LogP contribution in [0.25, 0.3) is 16.8 Å². The van der Waals surface area contributed by atoms with Crippen LogP contribution in [0.2, 0.25) is 0 Å². The Bertz CT molecular complexity index is 558. The summed E-state index contributed by atoms with van der Waals surface area (Å²) in [4.78, 5) is 0. The molecule has 0 atom stereocenters. The summed E-state index contributed by atoms with van der Waals surface area (Å²) in [6.45, 7) is 0. The predicted molar refractivity (Wildman–Crippen MR) is 84.5 cm³/mol. The maximum absolute atomic E-state index is 3.44. The van der Waals surface area contributed by atoms with Crippen molar-refractivity contribution in [2.75, 3.05) is 11.6 Å². The van der Waals surface area contributed by atoms with Gasteiger partial charge >= 0.3 is 0 Å². The van der Waals surface area contributed by atoms with Gasteiger partial charge in [-0.2, -0.15) is 0 Å². The Morgan fingerprint density at radius 1 is 1.06 bits per heavy atom. The molecule has 0 saturated heterocycles. The highest BCUT2D eigenvalue weighted by Gasteiger charge is 2.11. The van der Waals surface area contributed by atoms with Crippen molar-refractivity contribution >= 4 is 58.3 Å². The van der Waals surface area contributed by atoms with Gasteiger partial charge in [-0.3, -0.25) is 0 Å². The second kappa shape index (κ2) is 4.67. The van der Waals surface area contributed by atoms with Gasteiger partial charge in [-0.05, 0) is 29.3 Å². The van der Waals surface area contributed by atoms with Crippen LogP contribution in [0.4, 0.5) is 5.69 Å². The molecule has 0 bridgehead atoms. The van der Waals surface area contributed by atoms with Crippen molar-refractivity contribution in [2.24, 2.45) is 0 Å². The molecule has 2 aromatic rings. The minimum absolute atomic E-state index is 0. The van der Waals surface area contributed by atoms with E-state index in [0.29, 0.717) is 0 Å². The smallest absolute Gasteiger partial charge is 0.0729 e. The molecule has 1 aliphatic rings. The monoisotopic (exact) mass is 341 g/mol. The zero-order chi connectivity index (χ0) is 10.3. The van der Waals surface area contributed by atoms with Crippen LogP contribution in [-0.2, 0) is 0 Å². The Morgan fingerprint density at radius 3 is 2.56 bits per heavy atom. The summed E-state index contributed by atoms with van der Waals surface area (Å²) >= 11 is 1.74. The molecule has 0 aliphatic carbocycles. The van der Waals surface area contributed by atoms with Crippen LogP contribution in [0, 0.1) is 0 Å². The Morgan fingerprint density at radius 2 is 1.81 bits per heavy atom. The van der Waals surface area contributed by atoms with Crippen molar-refractivity contribution in [3.05, 3.63) is 47.0 Å². The summed E-state index contributed by atoms with van der Waals surface area (Å²) in [5.41, 5.74) is 2.53. The van der Waals surface area contributed by atoms with Crippen LogP contribution in [0.1, 0.15) is 5.56 Å². The molecule has 3 rings (SSSR count). The zero-order valence-corrected chi connectivity index (χ0v) is 12.0. The molecule has 0 unspecified atom stereocenters. The van der Waals surface area contributed by atoms with Gasteiger partial charge in [-0.1, -0.05) is 30.3 Å². The Kier molecular flexibility index (Phi) is 3.44. The molecule has 2 aromatic carbocycles. The van der Waals surface area contributed by atoms with Crippen LogP contribution >= 0.6 is 35.7 Å². The molecule has 0 spiro atoms. The van der Waals surface area contributed by atoms with Crippen LogP contribution in [-0.4, -0.2) is 6.26 Å². The van der Waals surface area contributed by atoms with E-state index in [4.69, 9.17) is 0 Å². The van der Waals surface area contributed by atoms with Crippen molar-refractivity contribution < 1.29 is 0 Å². The van der Waals surface area contributed by atoms with Gasteiger partial charge in [0.25, 0.3) is 0 Å². The maximum Gasteiger partial charge on any atom is 0.0729 e. The number of anilines is 1. The lowest BCUT2D eigenvalue weighted by Gasteiger charge is -2.18. The van der Waals surface area contributed by atoms with Crippen molar-refractivity contribution in [3.8, 4) is 0 Å². The summed E-state index contributed by atoms with van der Waals surface area (Å²) in [6, 6.07) is 12.8. The third-order valence-electron chi connectivity index (χ3n) is 2.70. The van der Waals surface area contributed by atoms with Gasteiger partial charge in [0.1, 0.15) is 0 Å². The molecule has 16 heavy (non-hydrogen) atoms. The second-order valence-corrected chi connectivity index (χ2v) is 4.44. The summed E-state index contributed by atoms with van der Waals surface area (Å²) in [5.74, 6) is 0. The Hall–Kier alpha value is -0.680. The van der Waals surface area contributed by atoms with E-state index in [2.05, 4.69) is 54.0 Å². The fraction of sp³-hybridized carbons (Fsp3) is 0.0769. The van der Waals surface area contributed by atoms with Crippen molar-refractivity contribution in [1.29, 1.82) is 0 Å². The number of hydrogen-bond acceptors (Lipinski definition) is 2. The van der Waals surface area contributed by atoms with Gasteiger partial charge in [0, 0.05) is 11.1 Å². The topological polar surface area (TPSA) is 12.0 Å². The lowest BCUT2D eigenvalue weighted by molar-refractivity contribution is 1.56.